The molecule has 2 heterocycles. The number of aromatic nitrogens is 2. The molecule has 0 saturated heterocycles. The van der Waals surface area contributed by atoms with Crippen LogP contribution < -0.4 is 10.1 Å². The minimum absolute atomic E-state index is 0.117. The molecule has 1 amide bonds. The van der Waals surface area contributed by atoms with E-state index >= 15 is 0 Å². The molecule has 5 heteroatoms. The van der Waals surface area contributed by atoms with Gasteiger partial charge in [-0.15, -0.1) is 0 Å². The van der Waals surface area contributed by atoms with Crippen LogP contribution in [0.4, 0.5) is 0 Å². The Morgan fingerprint density at radius 1 is 1.24 bits per heavy atom. The first-order valence-electron chi connectivity index (χ1n) is 8.61. The summed E-state index contributed by atoms with van der Waals surface area (Å²) in [6.07, 6.45) is 6.03. The maximum atomic E-state index is 12.3. The van der Waals surface area contributed by atoms with E-state index in [1.165, 1.54) is 0 Å². The standard InChI is InChI=1S/C20H23N3O2/c1-3-4-11-25-18-7-5-16(6-8-18)20(24)21-13-17-14-23-10-9-15(2)12-19(23)22-17/h5-10,12,14H,3-4,11,13H2,1-2H3,(H,21,24). The molecular weight excluding hydrogens is 314 g/mol. The van der Waals surface area contributed by atoms with E-state index in [9.17, 15) is 4.79 Å². The Morgan fingerprint density at radius 3 is 2.80 bits per heavy atom. The number of hydrogen-bond acceptors (Lipinski definition) is 3. The molecule has 0 saturated carbocycles. The molecule has 130 valence electrons. The van der Waals surface area contributed by atoms with Crippen LogP contribution in [0, 0.1) is 6.92 Å². The maximum Gasteiger partial charge on any atom is 0.251 e. The third kappa shape index (κ3) is 4.38. The van der Waals surface area contributed by atoms with Gasteiger partial charge >= 0.3 is 0 Å². The first-order chi connectivity index (χ1) is 12.2. The Kier molecular flexibility index (Phi) is 5.33. The lowest BCUT2D eigenvalue weighted by atomic mass is 10.2. The number of unbranched alkanes of at least 4 members (excludes halogenated alkanes) is 1. The molecule has 0 atom stereocenters. The minimum Gasteiger partial charge on any atom is -0.494 e. The van der Waals surface area contributed by atoms with E-state index in [1.807, 2.05) is 48.0 Å². The summed E-state index contributed by atoms with van der Waals surface area (Å²) in [5, 5.41) is 2.91. The predicted molar refractivity (Wildman–Crippen MR) is 97.9 cm³/mol. The molecule has 0 fully saturated rings. The summed E-state index contributed by atoms with van der Waals surface area (Å²) >= 11 is 0. The normalized spacial score (nSPS) is 10.8. The van der Waals surface area contributed by atoms with Gasteiger partial charge in [-0.25, -0.2) is 4.98 Å². The largest absolute Gasteiger partial charge is 0.494 e. The van der Waals surface area contributed by atoms with Crippen LogP contribution in [0.25, 0.3) is 5.65 Å². The van der Waals surface area contributed by atoms with Crippen LogP contribution in [0.1, 0.15) is 41.4 Å². The summed E-state index contributed by atoms with van der Waals surface area (Å²) in [6.45, 7) is 5.26. The van der Waals surface area contributed by atoms with E-state index in [4.69, 9.17) is 4.74 Å². The molecule has 0 aliphatic heterocycles. The Balaban J connectivity index is 1.57. The van der Waals surface area contributed by atoms with Gasteiger partial charge in [-0.05, 0) is 55.3 Å². The van der Waals surface area contributed by atoms with Crippen molar-refractivity contribution in [2.45, 2.75) is 33.2 Å². The Labute approximate surface area is 147 Å². The van der Waals surface area contributed by atoms with Gasteiger partial charge < -0.3 is 14.5 Å². The molecule has 0 radical (unpaired) electrons. The van der Waals surface area contributed by atoms with Gasteiger partial charge in [0.1, 0.15) is 11.4 Å². The second kappa shape index (κ2) is 7.83. The topological polar surface area (TPSA) is 55.6 Å². The number of carbonyl (C=O) groups is 1. The number of nitrogens with zero attached hydrogens (tertiary/aromatic N) is 2. The average Bonchev–Trinajstić information content (AvgIpc) is 3.02. The Morgan fingerprint density at radius 2 is 2.04 bits per heavy atom. The summed E-state index contributed by atoms with van der Waals surface area (Å²) in [5.41, 5.74) is 3.49. The Bertz CT molecular complexity index is 853. The van der Waals surface area contributed by atoms with Gasteiger partial charge in [0.25, 0.3) is 5.91 Å². The predicted octanol–water partition coefficient (Wildman–Crippen LogP) is 3.75. The summed E-state index contributed by atoms with van der Waals surface area (Å²) in [4.78, 5) is 16.8. The van der Waals surface area contributed by atoms with Gasteiger partial charge in [-0.3, -0.25) is 4.79 Å². The number of imidazole rings is 1. The van der Waals surface area contributed by atoms with Crippen LogP contribution in [0.2, 0.25) is 0 Å². The lowest BCUT2D eigenvalue weighted by molar-refractivity contribution is 0.0950. The fourth-order valence-corrected chi connectivity index (χ4v) is 2.53. The molecule has 3 aromatic rings. The van der Waals surface area contributed by atoms with Gasteiger partial charge in [-0.1, -0.05) is 13.3 Å². The highest BCUT2D eigenvalue weighted by Crippen LogP contribution is 2.13. The molecule has 2 aromatic heterocycles. The summed E-state index contributed by atoms with van der Waals surface area (Å²) < 4.78 is 7.56. The second-order valence-electron chi connectivity index (χ2n) is 6.11. The van der Waals surface area contributed by atoms with E-state index in [0.717, 1.165) is 35.5 Å². The lowest BCUT2D eigenvalue weighted by Gasteiger charge is -2.07. The number of hydrogen-bond donors (Lipinski definition) is 1. The zero-order chi connectivity index (χ0) is 17.6. The zero-order valence-electron chi connectivity index (χ0n) is 14.7. The van der Waals surface area contributed by atoms with E-state index < -0.39 is 0 Å². The number of fused-ring (bicyclic) bond motifs is 1. The number of pyridine rings is 1. The van der Waals surface area contributed by atoms with Crippen molar-refractivity contribution in [3.8, 4) is 5.75 Å². The van der Waals surface area contributed by atoms with Gasteiger partial charge in [0.2, 0.25) is 0 Å². The quantitative estimate of drug-likeness (QED) is 0.668. The molecule has 3 rings (SSSR count). The van der Waals surface area contributed by atoms with Crippen molar-refractivity contribution in [3.05, 3.63) is 65.6 Å². The van der Waals surface area contributed by atoms with Crippen molar-refractivity contribution in [2.24, 2.45) is 0 Å². The van der Waals surface area contributed by atoms with Crippen LogP contribution in [-0.2, 0) is 6.54 Å². The van der Waals surface area contributed by atoms with E-state index in [0.29, 0.717) is 18.7 Å². The molecular formula is C20H23N3O2. The molecule has 5 nitrogen and oxygen atoms in total. The van der Waals surface area contributed by atoms with Crippen molar-refractivity contribution in [2.75, 3.05) is 6.61 Å². The van der Waals surface area contributed by atoms with Crippen molar-refractivity contribution in [3.63, 3.8) is 0 Å². The molecule has 0 aliphatic rings. The van der Waals surface area contributed by atoms with Gasteiger partial charge in [0.15, 0.2) is 0 Å². The molecule has 0 aliphatic carbocycles. The fourth-order valence-electron chi connectivity index (χ4n) is 2.53. The first-order valence-corrected chi connectivity index (χ1v) is 8.61. The van der Waals surface area contributed by atoms with Crippen molar-refractivity contribution in [1.82, 2.24) is 14.7 Å². The zero-order valence-corrected chi connectivity index (χ0v) is 14.7. The van der Waals surface area contributed by atoms with Gasteiger partial charge in [0.05, 0.1) is 18.8 Å². The smallest absolute Gasteiger partial charge is 0.251 e. The van der Waals surface area contributed by atoms with E-state index in [-0.39, 0.29) is 5.91 Å². The van der Waals surface area contributed by atoms with Crippen LogP contribution in [0.3, 0.4) is 0 Å². The number of nitrogens with one attached hydrogen (secondary N) is 1. The molecule has 0 bridgehead atoms. The van der Waals surface area contributed by atoms with Crippen LogP contribution in [0.15, 0.2) is 48.8 Å². The fraction of sp³-hybridized carbons (Fsp3) is 0.300. The highest BCUT2D eigenvalue weighted by molar-refractivity contribution is 5.94. The summed E-state index contributed by atoms with van der Waals surface area (Å²) in [5.74, 6) is 0.675. The number of benzene rings is 1. The Hall–Kier alpha value is -2.82. The van der Waals surface area contributed by atoms with Crippen LogP contribution in [0.5, 0.6) is 5.75 Å². The number of rotatable bonds is 7. The third-order valence-corrected chi connectivity index (χ3v) is 3.98. The lowest BCUT2D eigenvalue weighted by Crippen LogP contribution is -2.22. The van der Waals surface area contributed by atoms with Crippen molar-refractivity contribution in [1.29, 1.82) is 0 Å². The number of carbonyl (C=O) groups excluding carboxylic acids is 1. The monoisotopic (exact) mass is 337 g/mol. The summed E-state index contributed by atoms with van der Waals surface area (Å²) in [6, 6.07) is 11.3. The van der Waals surface area contributed by atoms with Crippen molar-refractivity contribution >= 4 is 11.6 Å². The maximum absolute atomic E-state index is 12.3. The SMILES string of the molecule is CCCCOc1ccc(C(=O)NCc2cn3ccc(C)cc3n2)cc1. The van der Waals surface area contributed by atoms with E-state index in [1.54, 1.807) is 12.1 Å². The number of ether oxygens (including phenoxy) is 1. The highest BCUT2D eigenvalue weighted by atomic mass is 16.5. The third-order valence-electron chi connectivity index (χ3n) is 3.98. The molecule has 1 aromatic carbocycles. The van der Waals surface area contributed by atoms with Crippen molar-refractivity contribution < 1.29 is 9.53 Å². The van der Waals surface area contributed by atoms with Crippen LogP contribution >= 0.6 is 0 Å². The highest BCUT2D eigenvalue weighted by Gasteiger charge is 2.07. The molecule has 25 heavy (non-hydrogen) atoms. The molecule has 0 spiro atoms. The van der Waals surface area contributed by atoms with E-state index in [2.05, 4.69) is 17.2 Å². The van der Waals surface area contributed by atoms with Crippen LogP contribution in [-0.4, -0.2) is 21.9 Å². The average molecular weight is 337 g/mol. The number of amides is 1. The van der Waals surface area contributed by atoms with Gasteiger partial charge in [0, 0.05) is 18.0 Å². The minimum atomic E-state index is -0.117. The summed E-state index contributed by atoms with van der Waals surface area (Å²) in [7, 11) is 0. The molecule has 1 N–H and O–H groups in total. The second-order valence-corrected chi connectivity index (χ2v) is 6.11. The first kappa shape index (κ1) is 17.0. The number of aryl methyl sites for hydroxylation is 1. The molecule has 0 unspecified atom stereocenters. The van der Waals surface area contributed by atoms with Gasteiger partial charge in [-0.2, -0.15) is 0 Å².